The van der Waals surface area contributed by atoms with Crippen molar-refractivity contribution in [1.82, 2.24) is 0 Å². The van der Waals surface area contributed by atoms with Gasteiger partial charge in [-0.25, -0.2) is 0 Å². The van der Waals surface area contributed by atoms with Crippen molar-refractivity contribution in [3.63, 3.8) is 0 Å². The third-order valence-electron chi connectivity index (χ3n) is 4.43. The molecule has 0 aliphatic carbocycles. The third kappa shape index (κ3) is 2.36. The molecule has 1 heteroatoms. The lowest BCUT2D eigenvalue weighted by Gasteiger charge is -2.27. The van der Waals surface area contributed by atoms with Crippen molar-refractivity contribution >= 4 is 11.3 Å². The number of hydrogen-bond donors (Lipinski definition) is 0. The zero-order chi connectivity index (χ0) is 13.9. The van der Waals surface area contributed by atoms with Gasteiger partial charge in [0.15, 0.2) is 0 Å². The fourth-order valence-electron chi connectivity index (χ4n) is 3.26. The van der Waals surface area contributed by atoms with Gasteiger partial charge >= 0.3 is 0 Å². The van der Waals surface area contributed by atoms with Crippen molar-refractivity contribution < 1.29 is 0 Å². The summed E-state index contributed by atoms with van der Waals surface area (Å²) < 4.78 is 0. The van der Waals surface area contributed by atoms with Gasteiger partial charge < -0.3 is 4.90 Å². The summed E-state index contributed by atoms with van der Waals surface area (Å²) in [4.78, 5) is 2.50. The van der Waals surface area contributed by atoms with Gasteiger partial charge in [0.2, 0.25) is 0 Å². The van der Waals surface area contributed by atoms with Crippen molar-refractivity contribution in [2.24, 2.45) is 5.92 Å². The van der Waals surface area contributed by atoms with E-state index in [1.165, 1.54) is 23.2 Å². The molecule has 0 spiro atoms. The molecule has 0 N–H and O–H groups in total. The first-order chi connectivity index (χ1) is 9.77. The summed E-state index contributed by atoms with van der Waals surface area (Å²) in [7, 11) is 0. The van der Waals surface area contributed by atoms with Crippen LogP contribution in [0.3, 0.4) is 0 Å². The fourth-order valence-corrected chi connectivity index (χ4v) is 3.26. The van der Waals surface area contributed by atoms with Crippen molar-refractivity contribution in [1.29, 1.82) is 0 Å². The van der Waals surface area contributed by atoms with Crippen molar-refractivity contribution in [2.45, 2.75) is 19.4 Å². The molecule has 0 bridgehead atoms. The van der Waals surface area contributed by atoms with E-state index in [0.717, 1.165) is 6.54 Å². The van der Waals surface area contributed by atoms with E-state index in [1.807, 2.05) is 0 Å². The van der Waals surface area contributed by atoms with Crippen molar-refractivity contribution in [3.8, 4) is 0 Å². The van der Waals surface area contributed by atoms with Gasteiger partial charge in [-0.05, 0) is 36.6 Å². The highest BCUT2D eigenvalue weighted by Crippen LogP contribution is 2.37. The Hall–Kier alpha value is -2.02. The predicted octanol–water partition coefficient (Wildman–Crippen LogP) is 4.61. The summed E-state index contributed by atoms with van der Waals surface area (Å²) in [6, 6.07) is 21.8. The van der Waals surface area contributed by atoms with Crippen LogP contribution >= 0.6 is 0 Å². The Balaban J connectivity index is 1.79. The fraction of sp³-hybridized carbons (Fsp3) is 0.263. The second-order valence-corrected chi connectivity index (χ2v) is 5.56. The Morgan fingerprint density at radius 3 is 2.25 bits per heavy atom. The van der Waals surface area contributed by atoms with Crippen LogP contribution < -0.4 is 4.90 Å². The van der Waals surface area contributed by atoms with Gasteiger partial charge in [0.1, 0.15) is 0 Å². The van der Waals surface area contributed by atoms with Gasteiger partial charge in [0.25, 0.3) is 0 Å². The van der Waals surface area contributed by atoms with Crippen LogP contribution in [-0.4, -0.2) is 12.6 Å². The van der Waals surface area contributed by atoms with Crippen molar-refractivity contribution in [2.75, 3.05) is 11.4 Å². The zero-order valence-electron chi connectivity index (χ0n) is 12.0. The zero-order valence-corrected chi connectivity index (χ0v) is 12.0. The number of hydrogen-bond acceptors (Lipinski definition) is 1. The van der Waals surface area contributed by atoms with E-state index in [2.05, 4.69) is 79.1 Å². The standard InChI is InChI=1S/C19H21N/c1-15(17-9-5-3-6-10-17)19-13-14-20(16(19)2)18-11-7-4-8-12-18/h3-12,16,19H,1,13-14H2,2H3/t16-,19-/m0/s1. The van der Waals surface area contributed by atoms with Crippen LogP contribution in [0.1, 0.15) is 18.9 Å². The summed E-state index contributed by atoms with van der Waals surface area (Å²) in [6.07, 6.45) is 1.18. The number of benzene rings is 2. The van der Waals surface area contributed by atoms with E-state index in [1.54, 1.807) is 0 Å². The Morgan fingerprint density at radius 1 is 1.00 bits per heavy atom. The van der Waals surface area contributed by atoms with Gasteiger partial charge in [0, 0.05) is 24.2 Å². The van der Waals surface area contributed by atoms with Crippen molar-refractivity contribution in [3.05, 3.63) is 72.8 Å². The lowest BCUT2D eigenvalue weighted by molar-refractivity contribution is 0.620. The molecule has 20 heavy (non-hydrogen) atoms. The molecule has 1 fully saturated rings. The average molecular weight is 263 g/mol. The Kier molecular flexibility index (Phi) is 3.60. The SMILES string of the molecule is C=C(c1ccccc1)[C@@H]1CCN(c2ccccc2)[C@H]1C. The Morgan fingerprint density at radius 2 is 1.60 bits per heavy atom. The van der Waals surface area contributed by atoms with Crippen LogP contribution in [0, 0.1) is 5.92 Å². The van der Waals surface area contributed by atoms with Gasteiger partial charge in [-0.15, -0.1) is 0 Å². The maximum absolute atomic E-state index is 4.36. The van der Waals surface area contributed by atoms with Crippen LogP contribution in [0.25, 0.3) is 5.57 Å². The molecule has 1 saturated heterocycles. The lowest BCUT2D eigenvalue weighted by atomic mass is 9.88. The third-order valence-corrected chi connectivity index (χ3v) is 4.43. The first-order valence-corrected chi connectivity index (χ1v) is 7.33. The maximum atomic E-state index is 4.36. The summed E-state index contributed by atoms with van der Waals surface area (Å²) in [5.74, 6) is 0.539. The molecular formula is C19H21N. The monoisotopic (exact) mass is 263 g/mol. The number of anilines is 1. The van der Waals surface area contributed by atoms with Crippen LogP contribution in [0.2, 0.25) is 0 Å². The minimum Gasteiger partial charge on any atom is -0.368 e. The largest absolute Gasteiger partial charge is 0.368 e. The topological polar surface area (TPSA) is 3.24 Å². The summed E-state index contributed by atoms with van der Waals surface area (Å²) >= 11 is 0. The molecule has 102 valence electrons. The van der Waals surface area contributed by atoms with Crippen LogP contribution in [0.4, 0.5) is 5.69 Å². The van der Waals surface area contributed by atoms with E-state index in [-0.39, 0.29) is 0 Å². The molecule has 1 aliphatic heterocycles. The Labute approximate surface area is 121 Å². The molecule has 1 aliphatic rings. The highest BCUT2D eigenvalue weighted by molar-refractivity contribution is 5.67. The van der Waals surface area contributed by atoms with Gasteiger partial charge in [0.05, 0.1) is 0 Å². The molecule has 0 saturated carbocycles. The number of para-hydroxylation sites is 1. The quantitative estimate of drug-likeness (QED) is 0.781. The minimum atomic E-state index is 0.505. The second-order valence-electron chi connectivity index (χ2n) is 5.56. The van der Waals surface area contributed by atoms with E-state index < -0.39 is 0 Å². The molecule has 0 radical (unpaired) electrons. The molecule has 3 rings (SSSR count). The molecule has 1 heterocycles. The van der Waals surface area contributed by atoms with Gasteiger partial charge in [-0.1, -0.05) is 55.1 Å². The molecular weight excluding hydrogens is 242 g/mol. The smallest absolute Gasteiger partial charge is 0.0368 e. The molecule has 2 aromatic carbocycles. The minimum absolute atomic E-state index is 0.505. The van der Waals surface area contributed by atoms with Crippen LogP contribution in [-0.2, 0) is 0 Å². The van der Waals surface area contributed by atoms with E-state index in [9.17, 15) is 0 Å². The average Bonchev–Trinajstić information content (AvgIpc) is 2.90. The molecule has 0 unspecified atom stereocenters. The molecule has 2 atom stereocenters. The molecule has 1 nitrogen and oxygen atoms in total. The second kappa shape index (κ2) is 5.54. The highest BCUT2D eigenvalue weighted by atomic mass is 15.2. The molecule has 2 aromatic rings. The van der Waals surface area contributed by atoms with E-state index in [0.29, 0.717) is 12.0 Å². The van der Waals surface area contributed by atoms with Gasteiger partial charge in [-0.3, -0.25) is 0 Å². The summed E-state index contributed by atoms with van der Waals surface area (Å²) in [5, 5.41) is 0. The molecule has 0 aromatic heterocycles. The summed E-state index contributed by atoms with van der Waals surface area (Å²) in [6.45, 7) is 7.79. The number of nitrogens with zero attached hydrogens (tertiary/aromatic N) is 1. The van der Waals surface area contributed by atoms with Gasteiger partial charge in [-0.2, -0.15) is 0 Å². The first kappa shape index (κ1) is 13.0. The van der Waals surface area contributed by atoms with E-state index >= 15 is 0 Å². The normalized spacial score (nSPS) is 21.9. The number of rotatable bonds is 3. The first-order valence-electron chi connectivity index (χ1n) is 7.33. The van der Waals surface area contributed by atoms with Crippen LogP contribution in [0.5, 0.6) is 0 Å². The summed E-state index contributed by atoms with van der Waals surface area (Å²) in [5.41, 5.74) is 3.87. The maximum Gasteiger partial charge on any atom is 0.0368 e. The Bertz CT molecular complexity index is 573. The lowest BCUT2D eigenvalue weighted by Crippen LogP contribution is -2.30. The highest BCUT2D eigenvalue weighted by Gasteiger charge is 2.32. The predicted molar refractivity (Wildman–Crippen MR) is 86.8 cm³/mol. The van der Waals surface area contributed by atoms with Crippen LogP contribution in [0.15, 0.2) is 67.2 Å². The van der Waals surface area contributed by atoms with E-state index in [4.69, 9.17) is 0 Å². The molecule has 0 amide bonds.